The molecule has 0 unspecified atom stereocenters. The summed E-state index contributed by atoms with van der Waals surface area (Å²) in [5.74, 6) is 0.593. The number of aryl methyl sites for hydroxylation is 1. The summed E-state index contributed by atoms with van der Waals surface area (Å²) < 4.78 is 0. The second-order valence-corrected chi connectivity index (χ2v) is 4.56. The first-order valence-corrected chi connectivity index (χ1v) is 6.18. The summed E-state index contributed by atoms with van der Waals surface area (Å²) in [6.45, 7) is 4.08. The van der Waals surface area contributed by atoms with Crippen LogP contribution in [0.5, 0.6) is 0 Å². The standard InChI is InChI=1S/C14H16N4O2/c1-9-6-7-16-14(13(9)15)17-8-11-4-3-5-12(10(11)2)18(19)20/h3-7H,8,15H2,1-2H3,(H,16,17). The van der Waals surface area contributed by atoms with Gasteiger partial charge < -0.3 is 11.1 Å². The molecule has 0 saturated heterocycles. The average molecular weight is 272 g/mol. The molecule has 2 rings (SSSR count). The lowest BCUT2D eigenvalue weighted by Gasteiger charge is -2.11. The Labute approximate surface area is 116 Å². The van der Waals surface area contributed by atoms with E-state index in [1.165, 1.54) is 6.07 Å². The van der Waals surface area contributed by atoms with Gasteiger partial charge in [0, 0.05) is 24.4 Å². The van der Waals surface area contributed by atoms with Crippen molar-refractivity contribution < 1.29 is 4.92 Å². The van der Waals surface area contributed by atoms with Gasteiger partial charge in [-0.15, -0.1) is 0 Å². The van der Waals surface area contributed by atoms with Gasteiger partial charge in [-0.3, -0.25) is 10.1 Å². The van der Waals surface area contributed by atoms with Gasteiger partial charge in [0.2, 0.25) is 0 Å². The molecular formula is C14H16N4O2. The van der Waals surface area contributed by atoms with Gasteiger partial charge in [0.05, 0.1) is 10.6 Å². The van der Waals surface area contributed by atoms with E-state index in [0.717, 1.165) is 11.1 Å². The fraction of sp³-hybridized carbons (Fsp3) is 0.214. The summed E-state index contributed by atoms with van der Waals surface area (Å²) in [6, 6.07) is 6.85. The minimum Gasteiger partial charge on any atom is -0.396 e. The summed E-state index contributed by atoms with van der Waals surface area (Å²) in [5, 5.41) is 14.0. The second kappa shape index (κ2) is 5.56. The van der Waals surface area contributed by atoms with Gasteiger partial charge >= 0.3 is 0 Å². The minimum absolute atomic E-state index is 0.120. The van der Waals surface area contributed by atoms with Crippen molar-refractivity contribution in [2.24, 2.45) is 0 Å². The van der Waals surface area contributed by atoms with Gasteiger partial charge in [0.1, 0.15) is 5.82 Å². The topological polar surface area (TPSA) is 94.1 Å². The van der Waals surface area contributed by atoms with Crippen LogP contribution in [-0.4, -0.2) is 9.91 Å². The molecule has 1 heterocycles. The molecule has 0 bridgehead atoms. The second-order valence-electron chi connectivity index (χ2n) is 4.56. The molecule has 0 fully saturated rings. The van der Waals surface area contributed by atoms with Crippen molar-refractivity contribution in [2.75, 3.05) is 11.1 Å². The Morgan fingerprint density at radius 3 is 2.80 bits per heavy atom. The van der Waals surface area contributed by atoms with Crippen LogP contribution in [0.2, 0.25) is 0 Å². The molecule has 3 N–H and O–H groups in total. The van der Waals surface area contributed by atoms with Gasteiger partial charge in [0.25, 0.3) is 5.69 Å². The molecule has 0 atom stereocenters. The molecule has 20 heavy (non-hydrogen) atoms. The van der Waals surface area contributed by atoms with Gasteiger partial charge in [-0.1, -0.05) is 12.1 Å². The molecule has 0 amide bonds. The monoisotopic (exact) mass is 272 g/mol. The number of pyridine rings is 1. The summed E-state index contributed by atoms with van der Waals surface area (Å²) in [5.41, 5.74) is 9.08. The lowest BCUT2D eigenvalue weighted by Crippen LogP contribution is -2.07. The highest BCUT2D eigenvalue weighted by atomic mass is 16.6. The van der Waals surface area contributed by atoms with Crippen LogP contribution < -0.4 is 11.1 Å². The molecule has 104 valence electrons. The SMILES string of the molecule is Cc1ccnc(NCc2cccc([N+](=O)[O-])c2C)c1N. The van der Waals surface area contributed by atoms with Crippen molar-refractivity contribution in [3.63, 3.8) is 0 Å². The van der Waals surface area contributed by atoms with Crippen LogP contribution in [0.4, 0.5) is 17.2 Å². The number of nitro groups is 1. The molecule has 0 spiro atoms. The molecule has 1 aromatic carbocycles. The Bertz CT molecular complexity index is 656. The Morgan fingerprint density at radius 2 is 2.10 bits per heavy atom. The van der Waals surface area contributed by atoms with Crippen molar-refractivity contribution in [1.82, 2.24) is 4.98 Å². The minimum atomic E-state index is -0.377. The number of aromatic nitrogens is 1. The zero-order valence-corrected chi connectivity index (χ0v) is 11.4. The maximum atomic E-state index is 10.9. The smallest absolute Gasteiger partial charge is 0.272 e. The Morgan fingerprint density at radius 1 is 1.35 bits per heavy atom. The average Bonchev–Trinajstić information content (AvgIpc) is 2.41. The molecule has 6 heteroatoms. The van der Waals surface area contributed by atoms with Crippen LogP contribution in [-0.2, 0) is 6.54 Å². The number of rotatable bonds is 4. The number of nitro benzene ring substituents is 1. The highest BCUT2D eigenvalue weighted by molar-refractivity contribution is 5.65. The van der Waals surface area contributed by atoms with Crippen molar-refractivity contribution in [3.8, 4) is 0 Å². The van der Waals surface area contributed by atoms with Crippen LogP contribution in [0.15, 0.2) is 30.5 Å². The van der Waals surface area contributed by atoms with Gasteiger partial charge in [-0.05, 0) is 31.0 Å². The number of nitrogens with one attached hydrogen (secondary N) is 1. The van der Waals surface area contributed by atoms with Crippen LogP contribution >= 0.6 is 0 Å². The van der Waals surface area contributed by atoms with Gasteiger partial charge in [-0.2, -0.15) is 0 Å². The van der Waals surface area contributed by atoms with E-state index in [9.17, 15) is 10.1 Å². The Kier molecular flexibility index (Phi) is 3.84. The molecule has 0 radical (unpaired) electrons. The molecule has 0 aliphatic rings. The van der Waals surface area contributed by atoms with Crippen molar-refractivity contribution >= 4 is 17.2 Å². The van der Waals surface area contributed by atoms with Crippen molar-refractivity contribution in [3.05, 3.63) is 57.3 Å². The van der Waals surface area contributed by atoms with E-state index in [2.05, 4.69) is 10.3 Å². The lowest BCUT2D eigenvalue weighted by molar-refractivity contribution is -0.385. The summed E-state index contributed by atoms with van der Waals surface area (Å²) in [6.07, 6.45) is 1.67. The summed E-state index contributed by atoms with van der Waals surface area (Å²) >= 11 is 0. The number of anilines is 2. The number of nitrogens with zero attached hydrogens (tertiary/aromatic N) is 2. The Balaban J connectivity index is 2.21. The highest BCUT2D eigenvalue weighted by Gasteiger charge is 2.13. The zero-order chi connectivity index (χ0) is 14.7. The number of hydrogen-bond acceptors (Lipinski definition) is 5. The number of hydrogen-bond donors (Lipinski definition) is 2. The predicted molar refractivity (Wildman–Crippen MR) is 78.5 cm³/mol. The van der Waals surface area contributed by atoms with E-state index in [0.29, 0.717) is 23.6 Å². The van der Waals surface area contributed by atoms with E-state index >= 15 is 0 Å². The lowest BCUT2D eigenvalue weighted by atomic mass is 10.1. The third kappa shape index (κ3) is 2.69. The van der Waals surface area contributed by atoms with Crippen LogP contribution in [0.3, 0.4) is 0 Å². The Hall–Kier alpha value is -2.63. The van der Waals surface area contributed by atoms with E-state index in [4.69, 9.17) is 5.73 Å². The van der Waals surface area contributed by atoms with E-state index in [1.54, 1.807) is 19.2 Å². The third-order valence-corrected chi connectivity index (χ3v) is 3.27. The van der Waals surface area contributed by atoms with E-state index < -0.39 is 0 Å². The molecule has 1 aromatic heterocycles. The van der Waals surface area contributed by atoms with Crippen LogP contribution in [0.1, 0.15) is 16.7 Å². The molecule has 0 saturated carbocycles. The van der Waals surface area contributed by atoms with Gasteiger partial charge in [0.15, 0.2) is 0 Å². The largest absolute Gasteiger partial charge is 0.396 e. The predicted octanol–water partition coefficient (Wildman–Crippen LogP) is 2.80. The summed E-state index contributed by atoms with van der Waals surface area (Å²) in [7, 11) is 0. The number of nitrogen functional groups attached to an aromatic ring is 1. The molecule has 0 aliphatic carbocycles. The number of nitrogens with two attached hydrogens (primary N) is 1. The normalized spacial score (nSPS) is 10.3. The maximum Gasteiger partial charge on any atom is 0.272 e. The molecule has 2 aromatic rings. The fourth-order valence-electron chi connectivity index (χ4n) is 1.95. The van der Waals surface area contributed by atoms with E-state index in [-0.39, 0.29) is 10.6 Å². The number of benzene rings is 1. The highest BCUT2D eigenvalue weighted by Crippen LogP contribution is 2.23. The molecule has 0 aliphatic heterocycles. The first-order valence-electron chi connectivity index (χ1n) is 6.18. The third-order valence-electron chi connectivity index (χ3n) is 3.27. The van der Waals surface area contributed by atoms with E-state index in [1.807, 2.05) is 19.1 Å². The van der Waals surface area contributed by atoms with Gasteiger partial charge in [-0.25, -0.2) is 4.98 Å². The van der Waals surface area contributed by atoms with Crippen LogP contribution in [0, 0.1) is 24.0 Å². The van der Waals surface area contributed by atoms with Crippen molar-refractivity contribution in [2.45, 2.75) is 20.4 Å². The molecular weight excluding hydrogens is 256 g/mol. The van der Waals surface area contributed by atoms with Crippen molar-refractivity contribution in [1.29, 1.82) is 0 Å². The zero-order valence-electron chi connectivity index (χ0n) is 11.4. The quantitative estimate of drug-likeness (QED) is 0.659. The molecule has 6 nitrogen and oxygen atoms in total. The fourth-order valence-corrected chi connectivity index (χ4v) is 1.95. The summed E-state index contributed by atoms with van der Waals surface area (Å²) in [4.78, 5) is 14.7. The first-order chi connectivity index (χ1) is 9.50. The maximum absolute atomic E-state index is 10.9. The van der Waals surface area contributed by atoms with Crippen LogP contribution in [0.25, 0.3) is 0 Å². The first kappa shape index (κ1) is 13.8.